The van der Waals surface area contributed by atoms with Crippen LogP contribution < -0.4 is 0 Å². The van der Waals surface area contributed by atoms with Gasteiger partial charge in [0, 0.05) is 0 Å². The van der Waals surface area contributed by atoms with E-state index in [9.17, 15) is 4.79 Å². The number of hydrogen-bond donors (Lipinski definition) is 0. The third kappa shape index (κ3) is 2.93. The molecule has 1 aliphatic heterocycles. The molecular formula is C13H14O4. The van der Waals surface area contributed by atoms with Crippen LogP contribution in [0.4, 0.5) is 0 Å². The first kappa shape index (κ1) is 11.8. The molecule has 0 spiro atoms. The summed E-state index contributed by atoms with van der Waals surface area (Å²) >= 11 is 0. The summed E-state index contributed by atoms with van der Waals surface area (Å²) in [4.78, 5) is 11.5. The Morgan fingerprint density at radius 3 is 2.76 bits per heavy atom. The highest BCUT2D eigenvalue weighted by Crippen LogP contribution is 2.14. The summed E-state index contributed by atoms with van der Waals surface area (Å²) in [6.07, 6.45) is 3.28. The Bertz CT molecular complexity index is 419. The topological polar surface area (TPSA) is 44.8 Å². The number of benzene rings is 1. The van der Waals surface area contributed by atoms with Crippen LogP contribution in [-0.2, 0) is 14.2 Å². The summed E-state index contributed by atoms with van der Waals surface area (Å²) < 4.78 is 15.3. The van der Waals surface area contributed by atoms with E-state index in [0.29, 0.717) is 18.8 Å². The van der Waals surface area contributed by atoms with Crippen LogP contribution in [0.3, 0.4) is 0 Å². The van der Waals surface area contributed by atoms with Crippen LogP contribution in [0.25, 0.3) is 6.08 Å². The maximum atomic E-state index is 11.5. The van der Waals surface area contributed by atoms with Crippen molar-refractivity contribution >= 4 is 12.0 Å². The van der Waals surface area contributed by atoms with Gasteiger partial charge >= 0.3 is 5.97 Å². The second-order valence-electron chi connectivity index (χ2n) is 3.55. The van der Waals surface area contributed by atoms with Crippen LogP contribution in [0.15, 0.2) is 30.3 Å². The molecule has 0 saturated carbocycles. The molecule has 0 amide bonds. The zero-order valence-corrected chi connectivity index (χ0v) is 9.59. The molecule has 1 fully saturated rings. The quantitative estimate of drug-likeness (QED) is 0.749. The minimum absolute atomic E-state index is 0.319. The summed E-state index contributed by atoms with van der Waals surface area (Å²) in [6.45, 7) is 1.21. The van der Waals surface area contributed by atoms with Crippen molar-refractivity contribution in [2.24, 2.45) is 0 Å². The molecule has 0 aromatic heterocycles. The number of methoxy groups -OCH3 is 1. The number of esters is 1. The van der Waals surface area contributed by atoms with Crippen LogP contribution in [0.5, 0.6) is 0 Å². The Hall–Kier alpha value is -1.65. The Balaban J connectivity index is 2.16. The van der Waals surface area contributed by atoms with Crippen molar-refractivity contribution in [3.8, 4) is 0 Å². The molecule has 90 valence electrons. The van der Waals surface area contributed by atoms with Gasteiger partial charge in [-0.2, -0.15) is 0 Å². The van der Waals surface area contributed by atoms with E-state index >= 15 is 0 Å². The fraction of sp³-hybridized carbons (Fsp3) is 0.308. The van der Waals surface area contributed by atoms with Gasteiger partial charge in [0.15, 0.2) is 6.29 Å². The average Bonchev–Trinajstić information content (AvgIpc) is 2.89. The summed E-state index contributed by atoms with van der Waals surface area (Å²) in [5, 5.41) is 0. The van der Waals surface area contributed by atoms with Gasteiger partial charge in [0.25, 0.3) is 0 Å². The molecule has 0 aliphatic carbocycles. The smallest absolute Gasteiger partial charge is 0.338 e. The third-order valence-corrected chi connectivity index (χ3v) is 2.45. The van der Waals surface area contributed by atoms with Gasteiger partial charge in [0.1, 0.15) is 0 Å². The van der Waals surface area contributed by atoms with Crippen molar-refractivity contribution < 1.29 is 19.0 Å². The molecule has 2 rings (SSSR count). The van der Waals surface area contributed by atoms with Crippen LogP contribution >= 0.6 is 0 Å². The standard InChI is InChI=1S/C13H14O4/c1-15-13(14)11-5-3-2-4-10(11)6-7-12-16-8-9-17-12/h2-7,12H,8-9H2,1H3/b7-6+. The Kier molecular flexibility index (Phi) is 3.90. The van der Waals surface area contributed by atoms with E-state index in [-0.39, 0.29) is 12.3 Å². The van der Waals surface area contributed by atoms with Gasteiger partial charge in [-0.05, 0) is 17.7 Å². The van der Waals surface area contributed by atoms with Crippen LogP contribution in [0.2, 0.25) is 0 Å². The highest BCUT2D eigenvalue weighted by atomic mass is 16.7. The first-order valence-electron chi connectivity index (χ1n) is 5.40. The van der Waals surface area contributed by atoms with Crippen LogP contribution in [0.1, 0.15) is 15.9 Å². The van der Waals surface area contributed by atoms with Gasteiger partial charge in [-0.1, -0.05) is 24.3 Å². The lowest BCUT2D eigenvalue weighted by molar-refractivity contribution is -0.000920. The molecule has 1 aromatic rings. The van der Waals surface area contributed by atoms with E-state index in [1.165, 1.54) is 7.11 Å². The summed E-state index contributed by atoms with van der Waals surface area (Å²) in [5.74, 6) is -0.349. The molecule has 1 heterocycles. The predicted octanol–water partition coefficient (Wildman–Crippen LogP) is 1.86. The minimum atomic E-state index is -0.349. The number of ether oxygens (including phenoxy) is 3. The molecule has 0 radical (unpaired) electrons. The fourth-order valence-corrected chi connectivity index (χ4v) is 1.61. The lowest BCUT2D eigenvalue weighted by Crippen LogP contribution is -2.05. The largest absolute Gasteiger partial charge is 0.465 e. The molecule has 0 bridgehead atoms. The predicted molar refractivity (Wildman–Crippen MR) is 62.5 cm³/mol. The highest BCUT2D eigenvalue weighted by molar-refractivity contribution is 5.93. The van der Waals surface area contributed by atoms with Gasteiger partial charge in [-0.25, -0.2) is 4.79 Å². The van der Waals surface area contributed by atoms with Gasteiger partial charge < -0.3 is 14.2 Å². The van der Waals surface area contributed by atoms with Gasteiger partial charge in [-0.3, -0.25) is 0 Å². The first-order valence-corrected chi connectivity index (χ1v) is 5.40. The molecule has 4 heteroatoms. The molecule has 0 unspecified atom stereocenters. The normalized spacial score (nSPS) is 16.5. The molecule has 4 nitrogen and oxygen atoms in total. The molecule has 0 atom stereocenters. The lowest BCUT2D eigenvalue weighted by atomic mass is 10.1. The van der Waals surface area contributed by atoms with E-state index < -0.39 is 0 Å². The number of hydrogen-bond acceptors (Lipinski definition) is 4. The summed E-state index contributed by atoms with van der Waals surface area (Å²) in [5.41, 5.74) is 1.32. The molecular weight excluding hydrogens is 220 g/mol. The maximum absolute atomic E-state index is 11.5. The molecule has 1 saturated heterocycles. The van der Waals surface area contributed by atoms with Gasteiger partial charge in [-0.15, -0.1) is 0 Å². The number of rotatable bonds is 3. The molecule has 1 aliphatic rings. The third-order valence-electron chi connectivity index (χ3n) is 2.45. The Morgan fingerprint density at radius 2 is 2.06 bits per heavy atom. The Morgan fingerprint density at radius 1 is 1.35 bits per heavy atom. The van der Waals surface area contributed by atoms with Crippen LogP contribution in [0, 0.1) is 0 Å². The molecule has 1 aromatic carbocycles. The SMILES string of the molecule is COC(=O)c1ccccc1/C=C/C1OCCO1. The minimum Gasteiger partial charge on any atom is -0.465 e. The second kappa shape index (κ2) is 5.61. The highest BCUT2D eigenvalue weighted by Gasteiger charge is 2.13. The lowest BCUT2D eigenvalue weighted by Gasteiger charge is -2.05. The van der Waals surface area contributed by atoms with Crippen LogP contribution in [-0.4, -0.2) is 32.6 Å². The number of carbonyl (C=O) groups excluding carboxylic acids is 1. The molecule has 0 N–H and O–H groups in total. The summed E-state index contributed by atoms with van der Waals surface area (Å²) in [6, 6.07) is 7.23. The van der Waals surface area contributed by atoms with E-state index in [1.807, 2.05) is 18.2 Å². The second-order valence-corrected chi connectivity index (χ2v) is 3.55. The van der Waals surface area contributed by atoms with Gasteiger partial charge in [0.05, 0.1) is 25.9 Å². The van der Waals surface area contributed by atoms with E-state index in [2.05, 4.69) is 0 Å². The van der Waals surface area contributed by atoms with Crippen molar-refractivity contribution in [2.45, 2.75) is 6.29 Å². The average molecular weight is 234 g/mol. The van der Waals surface area contributed by atoms with Crippen molar-refractivity contribution in [3.63, 3.8) is 0 Å². The zero-order valence-electron chi connectivity index (χ0n) is 9.59. The van der Waals surface area contributed by atoms with Crippen molar-refractivity contribution in [2.75, 3.05) is 20.3 Å². The maximum Gasteiger partial charge on any atom is 0.338 e. The zero-order chi connectivity index (χ0) is 12.1. The van der Waals surface area contributed by atoms with E-state index in [0.717, 1.165) is 5.56 Å². The van der Waals surface area contributed by atoms with Crippen molar-refractivity contribution in [3.05, 3.63) is 41.5 Å². The summed E-state index contributed by atoms with van der Waals surface area (Å²) in [7, 11) is 1.37. The first-order chi connectivity index (χ1) is 8.31. The Labute approximate surface area is 99.8 Å². The fourth-order valence-electron chi connectivity index (χ4n) is 1.61. The van der Waals surface area contributed by atoms with Crippen molar-refractivity contribution in [1.82, 2.24) is 0 Å². The van der Waals surface area contributed by atoms with Crippen molar-refractivity contribution in [1.29, 1.82) is 0 Å². The molecule has 17 heavy (non-hydrogen) atoms. The number of carbonyl (C=O) groups is 1. The van der Waals surface area contributed by atoms with Gasteiger partial charge in [0.2, 0.25) is 0 Å². The van der Waals surface area contributed by atoms with E-state index in [1.54, 1.807) is 18.2 Å². The monoisotopic (exact) mass is 234 g/mol. The van der Waals surface area contributed by atoms with E-state index in [4.69, 9.17) is 14.2 Å².